The lowest BCUT2D eigenvalue weighted by Gasteiger charge is -2.16. The standard InChI is InChI=1S/C13H13N5O5/c19-4-6-8(20)9(21)12(23-6)18-5-15-7-10(18)16-13-14-2-1-3-17(13)11(7)22/h1-3,5-6,8-9,12,19-21H,4H2/t6-,8-,9-,12?/m1/s1. The first kappa shape index (κ1) is 14.2. The summed E-state index contributed by atoms with van der Waals surface area (Å²) in [6.45, 7) is -0.443. The molecule has 0 bridgehead atoms. The number of nitrogens with zero attached hydrogens (tertiary/aromatic N) is 5. The van der Waals surface area contributed by atoms with Crippen LogP contribution in [0.2, 0.25) is 0 Å². The topological polar surface area (TPSA) is 135 Å². The van der Waals surface area contributed by atoms with Crippen LogP contribution < -0.4 is 5.56 Å². The van der Waals surface area contributed by atoms with Gasteiger partial charge in [0, 0.05) is 12.4 Å². The van der Waals surface area contributed by atoms with Gasteiger partial charge in [-0.2, -0.15) is 4.98 Å². The zero-order valence-corrected chi connectivity index (χ0v) is 11.7. The van der Waals surface area contributed by atoms with Gasteiger partial charge in [0.15, 0.2) is 17.4 Å². The number of rotatable bonds is 2. The van der Waals surface area contributed by atoms with Crippen molar-refractivity contribution in [3.63, 3.8) is 0 Å². The lowest BCUT2D eigenvalue weighted by atomic mass is 10.1. The normalized spacial score (nSPS) is 28.0. The summed E-state index contributed by atoms with van der Waals surface area (Å²) in [6, 6.07) is 1.60. The van der Waals surface area contributed by atoms with Crippen LogP contribution in [-0.2, 0) is 4.74 Å². The molecule has 10 nitrogen and oxygen atoms in total. The first-order valence-electron chi connectivity index (χ1n) is 6.94. The van der Waals surface area contributed by atoms with Crippen molar-refractivity contribution in [3.8, 4) is 0 Å². The molecule has 0 saturated carbocycles. The Bertz CT molecular complexity index is 937. The Morgan fingerprint density at radius 3 is 2.83 bits per heavy atom. The molecule has 4 rings (SSSR count). The van der Waals surface area contributed by atoms with Gasteiger partial charge in [-0.05, 0) is 6.07 Å². The molecule has 10 heteroatoms. The Hall–Kier alpha value is -2.40. The molecule has 0 spiro atoms. The molecule has 1 saturated heterocycles. The number of hydrogen-bond acceptors (Lipinski definition) is 8. The Morgan fingerprint density at radius 2 is 2.09 bits per heavy atom. The van der Waals surface area contributed by atoms with Gasteiger partial charge in [0.05, 0.1) is 12.9 Å². The van der Waals surface area contributed by atoms with E-state index in [1.165, 1.54) is 27.7 Å². The minimum atomic E-state index is -1.28. The number of aromatic nitrogens is 5. The van der Waals surface area contributed by atoms with Crippen molar-refractivity contribution in [1.29, 1.82) is 0 Å². The Labute approximate surface area is 128 Å². The minimum Gasteiger partial charge on any atom is -0.394 e. The van der Waals surface area contributed by atoms with Gasteiger partial charge < -0.3 is 20.1 Å². The third-order valence-corrected chi connectivity index (χ3v) is 3.91. The van der Waals surface area contributed by atoms with Crippen LogP contribution in [0.25, 0.3) is 16.9 Å². The molecule has 0 aromatic carbocycles. The molecule has 0 amide bonds. The molecule has 4 atom stereocenters. The van der Waals surface area contributed by atoms with Crippen molar-refractivity contribution in [2.24, 2.45) is 0 Å². The summed E-state index contributed by atoms with van der Waals surface area (Å²) in [4.78, 5) is 24.7. The van der Waals surface area contributed by atoms with E-state index in [0.717, 1.165) is 0 Å². The second kappa shape index (κ2) is 5.06. The van der Waals surface area contributed by atoms with Crippen LogP contribution in [-0.4, -0.2) is 64.2 Å². The number of aliphatic hydroxyl groups is 3. The fraction of sp³-hybridized carbons (Fsp3) is 0.385. The van der Waals surface area contributed by atoms with E-state index in [1.807, 2.05) is 0 Å². The maximum atomic E-state index is 12.4. The molecular weight excluding hydrogens is 306 g/mol. The van der Waals surface area contributed by atoms with Crippen LogP contribution in [0, 0.1) is 0 Å². The summed E-state index contributed by atoms with van der Waals surface area (Å²) in [5, 5.41) is 29.1. The fourth-order valence-electron chi connectivity index (χ4n) is 2.73. The lowest BCUT2D eigenvalue weighted by molar-refractivity contribution is -0.0511. The number of imidazole rings is 1. The summed E-state index contributed by atoms with van der Waals surface area (Å²) in [6.07, 6.45) is -0.129. The molecule has 0 radical (unpaired) electrons. The third kappa shape index (κ3) is 1.96. The first-order chi connectivity index (χ1) is 11.1. The van der Waals surface area contributed by atoms with Crippen LogP contribution in [0.1, 0.15) is 6.23 Å². The molecule has 4 heterocycles. The van der Waals surface area contributed by atoms with Crippen molar-refractivity contribution in [2.75, 3.05) is 6.61 Å². The second-order valence-electron chi connectivity index (χ2n) is 5.26. The number of ether oxygens (including phenoxy) is 1. The highest BCUT2D eigenvalue weighted by Crippen LogP contribution is 2.30. The van der Waals surface area contributed by atoms with Crippen molar-refractivity contribution in [1.82, 2.24) is 23.9 Å². The molecular formula is C13H13N5O5. The van der Waals surface area contributed by atoms with E-state index in [1.54, 1.807) is 6.07 Å². The van der Waals surface area contributed by atoms with Gasteiger partial charge in [-0.3, -0.25) is 9.36 Å². The van der Waals surface area contributed by atoms with Gasteiger partial charge in [-0.1, -0.05) is 0 Å². The van der Waals surface area contributed by atoms with Gasteiger partial charge in [0.2, 0.25) is 5.78 Å². The fourth-order valence-corrected chi connectivity index (χ4v) is 2.73. The zero-order chi connectivity index (χ0) is 16.1. The van der Waals surface area contributed by atoms with E-state index in [4.69, 9.17) is 9.84 Å². The van der Waals surface area contributed by atoms with Gasteiger partial charge in [0.25, 0.3) is 5.56 Å². The predicted molar refractivity (Wildman–Crippen MR) is 75.6 cm³/mol. The predicted octanol–water partition coefficient (Wildman–Crippen LogP) is -1.95. The van der Waals surface area contributed by atoms with E-state index in [9.17, 15) is 15.0 Å². The molecule has 1 aliphatic rings. The van der Waals surface area contributed by atoms with E-state index < -0.39 is 36.7 Å². The van der Waals surface area contributed by atoms with Crippen molar-refractivity contribution < 1.29 is 20.1 Å². The molecule has 23 heavy (non-hydrogen) atoms. The Balaban J connectivity index is 1.91. The summed E-state index contributed by atoms with van der Waals surface area (Å²) >= 11 is 0. The van der Waals surface area contributed by atoms with Crippen molar-refractivity contribution in [3.05, 3.63) is 35.1 Å². The maximum Gasteiger partial charge on any atom is 0.287 e. The largest absolute Gasteiger partial charge is 0.394 e. The summed E-state index contributed by atoms with van der Waals surface area (Å²) in [5.74, 6) is 0.179. The van der Waals surface area contributed by atoms with Gasteiger partial charge >= 0.3 is 0 Å². The highest BCUT2D eigenvalue weighted by molar-refractivity contribution is 5.71. The summed E-state index contributed by atoms with van der Waals surface area (Å²) < 4.78 is 8.06. The number of aliphatic hydroxyl groups excluding tert-OH is 3. The highest BCUT2D eigenvalue weighted by Gasteiger charge is 2.44. The van der Waals surface area contributed by atoms with E-state index in [2.05, 4.69) is 15.0 Å². The van der Waals surface area contributed by atoms with E-state index in [0.29, 0.717) is 0 Å². The van der Waals surface area contributed by atoms with E-state index >= 15 is 0 Å². The second-order valence-corrected chi connectivity index (χ2v) is 5.26. The van der Waals surface area contributed by atoms with Gasteiger partial charge in [0.1, 0.15) is 18.3 Å². The quantitative estimate of drug-likeness (QED) is 0.496. The highest BCUT2D eigenvalue weighted by atomic mass is 16.6. The Kier molecular flexibility index (Phi) is 3.13. The molecule has 3 N–H and O–H groups in total. The summed E-state index contributed by atoms with van der Waals surface area (Å²) in [7, 11) is 0. The van der Waals surface area contributed by atoms with Crippen LogP contribution >= 0.6 is 0 Å². The summed E-state index contributed by atoms with van der Waals surface area (Å²) in [5.41, 5.74) is -0.125. The van der Waals surface area contributed by atoms with Crippen LogP contribution in [0.5, 0.6) is 0 Å². The molecule has 3 aromatic heterocycles. The Morgan fingerprint density at radius 1 is 1.26 bits per heavy atom. The molecule has 1 fully saturated rings. The van der Waals surface area contributed by atoms with Crippen molar-refractivity contribution in [2.45, 2.75) is 24.5 Å². The molecule has 3 aromatic rings. The van der Waals surface area contributed by atoms with Crippen LogP contribution in [0.15, 0.2) is 29.6 Å². The first-order valence-corrected chi connectivity index (χ1v) is 6.94. The molecule has 1 aliphatic heterocycles. The van der Waals surface area contributed by atoms with Gasteiger partial charge in [-0.25, -0.2) is 14.4 Å². The SMILES string of the molecule is O=c1c2ncn(C3O[C@H](CO)[C@@H](O)[C@H]3O)c2nc2ncccn12. The zero-order valence-electron chi connectivity index (χ0n) is 11.7. The maximum absolute atomic E-state index is 12.4. The minimum absolute atomic E-state index is 0.0910. The molecule has 0 aliphatic carbocycles. The van der Waals surface area contributed by atoms with Crippen LogP contribution in [0.4, 0.5) is 0 Å². The van der Waals surface area contributed by atoms with Gasteiger partial charge in [-0.15, -0.1) is 0 Å². The molecule has 1 unspecified atom stereocenters. The average molecular weight is 319 g/mol. The number of fused-ring (bicyclic) bond motifs is 2. The lowest BCUT2D eigenvalue weighted by Crippen LogP contribution is -2.33. The van der Waals surface area contributed by atoms with Crippen molar-refractivity contribution >= 4 is 16.9 Å². The third-order valence-electron chi connectivity index (χ3n) is 3.91. The average Bonchev–Trinajstić information content (AvgIpc) is 3.10. The monoisotopic (exact) mass is 319 g/mol. The number of hydrogen-bond donors (Lipinski definition) is 3. The van der Waals surface area contributed by atoms with Crippen LogP contribution in [0.3, 0.4) is 0 Å². The van der Waals surface area contributed by atoms with E-state index in [-0.39, 0.29) is 16.9 Å². The smallest absolute Gasteiger partial charge is 0.287 e. The molecule has 120 valence electrons.